The topological polar surface area (TPSA) is 71.1 Å². The van der Waals surface area contributed by atoms with Crippen molar-refractivity contribution >= 4 is 15.7 Å². The predicted octanol–water partition coefficient (Wildman–Crippen LogP) is 1.92. The van der Waals surface area contributed by atoms with Crippen LogP contribution in [0, 0.1) is 0 Å². The van der Waals surface area contributed by atoms with Gasteiger partial charge in [0, 0.05) is 30.7 Å². The number of fused-ring (bicyclic) bond motifs is 1. The van der Waals surface area contributed by atoms with Gasteiger partial charge in [0.25, 0.3) is 0 Å². The fourth-order valence-corrected chi connectivity index (χ4v) is 3.53. The molecule has 2 N–H and O–H groups in total. The van der Waals surface area contributed by atoms with E-state index < -0.39 is 10.0 Å². The number of anilines is 1. The van der Waals surface area contributed by atoms with E-state index in [1.54, 1.807) is 30.6 Å². The highest BCUT2D eigenvalue weighted by Gasteiger charge is 2.20. The average Bonchev–Trinajstić information content (AvgIpc) is 2.85. The van der Waals surface area contributed by atoms with Gasteiger partial charge in [-0.3, -0.25) is 4.98 Å². The Hall–Kier alpha value is -1.92. The minimum absolute atomic E-state index is 0.238. The molecule has 21 heavy (non-hydrogen) atoms. The summed E-state index contributed by atoms with van der Waals surface area (Å²) in [4.78, 5) is 4.28. The molecule has 1 unspecified atom stereocenters. The fraction of sp³-hybridized carbons (Fsp3) is 0.267. The average molecular weight is 303 g/mol. The molecule has 0 saturated carbocycles. The number of hydrogen-bond acceptors (Lipinski definition) is 4. The Morgan fingerprint density at radius 2 is 2.24 bits per heavy atom. The normalized spacial score (nSPS) is 17.3. The summed E-state index contributed by atoms with van der Waals surface area (Å²) in [6, 6.07) is 9.18. The Labute approximate surface area is 124 Å². The second-order valence-electron chi connectivity index (χ2n) is 5.25. The van der Waals surface area contributed by atoms with E-state index in [0.717, 1.165) is 23.2 Å². The molecule has 0 spiro atoms. The highest BCUT2D eigenvalue weighted by atomic mass is 32.2. The molecule has 3 rings (SSSR count). The van der Waals surface area contributed by atoms with Crippen molar-refractivity contribution in [2.24, 2.45) is 0 Å². The van der Waals surface area contributed by atoms with E-state index in [1.807, 2.05) is 12.1 Å². The number of hydrogen-bond donors (Lipinski definition) is 2. The molecule has 5 nitrogen and oxygen atoms in total. The lowest BCUT2D eigenvalue weighted by molar-refractivity contribution is 0.581. The monoisotopic (exact) mass is 303 g/mol. The second-order valence-corrected chi connectivity index (χ2v) is 7.02. The Kier molecular flexibility index (Phi) is 3.65. The summed E-state index contributed by atoms with van der Waals surface area (Å²) in [5.41, 5.74) is 2.90. The van der Waals surface area contributed by atoms with E-state index in [2.05, 4.69) is 21.9 Å². The molecule has 1 aromatic heterocycles. The lowest BCUT2D eigenvalue weighted by Crippen LogP contribution is -2.23. The van der Waals surface area contributed by atoms with Gasteiger partial charge in [0.05, 0.1) is 4.90 Å². The van der Waals surface area contributed by atoms with Crippen LogP contribution in [-0.2, 0) is 23.0 Å². The van der Waals surface area contributed by atoms with Gasteiger partial charge in [0.2, 0.25) is 10.0 Å². The maximum absolute atomic E-state index is 12.3. The van der Waals surface area contributed by atoms with Gasteiger partial charge in [0.15, 0.2) is 0 Å². The van der Waals surface area contributed by atoms with E-state index in [0.29, 0.717) is 10.9 Å². The van der Waals surface area contributed by atoms with Crippen molar-refractivity contribution in [2.75, 3.05) is 5.32 Å². The molecule has 0 amide bonds. The van der Waals surface area contributed by atoms with Crippen LogP contribution < -0.4 is 10.0 Å². The number of nitrogens with zero attached hydrogens (tertiary/aromatic N) is 1. The number of benzene rings is 1. The number of sulfonamides is 1. The highest BCUT2D eigenvalue weighted by Crippen LogP contribution is 2.28. The molecular formula is C15H17N3O2S. The van der Waals surface area contributed by atoms with Gasteiger partial charge in [-0.1, -0.05) is 6.07 Å². The summed E-state index contributed by atoms with van der Waals surface area (Å²) >= 11 is 0. The molecule has 1 aliphatic heterocycles. The maximum atomic E-state index is 12.3. The van der Waals surface area contributed by atoms with Gasteiger partial charge in [-0.25, -0.2) is 13.1 Å². The van der Waals surface area contributed by atoms with Crippen LogP contribution in [0.3, 0.4) is 0 Å². The zero-order valence-electron chi connectivity index (χ0n) is 11.7. The molecule has 0 radical (unpaired) electrons. The van der Waals surface area contributed by atoms with Crippen LogP contribution in [0.4, 0.5) is 5.69 Å². The summed E-state index contributed by atoms with van der Waals surface area (Å²) in [7, 11) is -3.50. The largest absolute Gasteiger partial charge is 0.382 e. The smallest absolute Gasteiger partial charge is 0.240 e. The van der Waals surface area contributed by atoms with Crippen LogP contribution in [0.5, 0.6) is 0 Å². The SMILES string of the molecule is CC1Cc2cc(S(=O)(=O)NCc3cccnc3)ccc2N1. The molecule has 1 atom stereocenters. The third kappa shape index (κ3) is 3.06. The number of pyridine rings is 1. The Morgan fingerprint density at radius 3 is 3.00 bits per heavy atom. The van der Waals surface area contributed by atoms with E-state index in [1.165, 1.54) is 0 Å². The molecule has 1 aromatic carbocycles. The molecule has 0 fully saturated rings. The van der Waals surface area contributed by atoms with E-state index >= 15 is 0 Å². The van der Waals surface area contributed by atoms with Crippen LogP contribution in [-0.4, -0.2) is 19.4 Å². The van der Waals surface area contributed by atoms with Gasteiger partial charge in [-0.2, -0.15) is 0 Å². The molecule has 110 valence electrons. The third-order valence-electron chi connectivity index (χ3n) is 3.50. The van der Waals surface area contributed by atoms with Crippen molar-refractivity contribution in [1.29, 1.82) is 0 Å². The van der Waals surface area contributed by atoms with Crippen molar-refractivity contribution in [3.63, 3.8) is 0 Å². The van der Waals surface area contributed by atoms with Crippen LogP contribution in [0.2, 0.25) is 0 Å². The van der Waals surface area contributed by atoms with Crippen molar-refractivity contribution in [1.82, 2.24) is 9.71 Å². The number of aromatic nitrogens is 1. The van der Waals surface area contributed by atoms with Gasteiger partial charge in [-0.15, -0.1) is 0 Å². The first-order chi connectivity index (χ1) is 10.0. The summed E-state index contributed by atoms with van der Waals surface area (Å²) < 4.78 is 27.3. The first-order valence-electron chi connectivity index (χ1n) is 6.82. The van der Waals surface area contributed by atoms with Crippen LogP contribution >= 0.6 is 0 Å². The third-order valence-corrected chi connectivity index (χ3v) is 4.90. The molecule has 2 aromatic rings. The molecule has 0 aliphatic carbocycles. The van der Waals surface area contributed by atoms with Gasteiger partial charge in [0.1, 0.15) is 0 Å². The van der Waals surface area contributed by atoms with Crippen LogP contribution in [0.15, 0.2) is 47.6 Å². The molecular weight excluding hydrogens is 286 g/mol. The predicted molar refractivity (Wildman–Crippen MR) is 81.5 cm³/mol. The number of rotatable bonds is 4. The van der Waals surface area contributed by atoms with Crippen LogP contribution in [0.1, 0.15) is 18.1 Å². The first kappa shape index (κ1) is 14.0. The highest BCUT2D eigenvalue weighted by molar-refractivity contribution is 7.89. The van der Waals surface area contributed by atoms with Gasteiger partial charge in [-0.05, 0) is 48.7 Å². The Balaban J connectivity index is 1.78. The van der Waals surface area contributed by atoms with Crippen molar-refractivity contribution in [3.05, 3.63) is 53.9 Å². The maximum Gasteiger partial charge on any atom is 0.240 e. The van der Waals surface area contributed by atoms with E-state index in [4.69, 9.17) is 0 Å². The summed E-state index contributed by atoms with van der Waals surface area (Å²) in [5.74, 6) is 0. The minimum atomic E-state index is -3.50. The van der Waals surface area contributed by atoms with Crippen molar-refractivity contribution < 1.29 is 8.42 Å². The molecule has 2 heterocycles. The molecule has 0 saturated heterocycles. The minimum Gasteiger partial charge on any atom is -0.382 e. The first-order valence-corrected chi connectivity index (χ1v) is 8.31. The van der Waals surface area contributed by atoms with E-state index in [-0.39, 0.29) is 6.54 Å². The van der Waals surface area contributed by atoms with Gasteiger partial charge >= 0.3 is 0 Å². The number of nitrogens with one attached hydrogen (secondary N) is 2. The van der Waals surface area contributed by atoms with Crippen molar-refractivity contribution in [3.8, 4) is 0 Å². The van der Waals surface area contributed by atoms with E-state index in [9.17, 15) is 8.42 Å². The fourth-order valence-electron chi connectivity index (χ4n) is 2.46. The lowest BCUT2D eigenvalue weighted by Gasteiger charge is -2.08. The summed E-state index contributed by atoms with van der Waals surface area (Å²) in [5, 5.41) is 3.31. The summed E-state index contributed by atoms with van der Waals surface area (Å²) in [6.45, 7) is 2.32. The zero-order valence-corrected chi connectivity index (χ0v) is 12.5. The molecule has 1 aliphatic rings. The van der Waals surface area contributed by atoms with Gasteiger partial charge < -0.3 is 5.32 Å². The zero-order chi connectivity index (χ0) is 14.9. The van der Waals surface area contributed by atoms with Crippen molar-refractivity contribution in [2.45, 2.75) is 30.8 Å². The van der Waals surface area contributed by atoms with Crippen LogP contribution in [0.25, 0.3) is 0 Å². The quantitative estimate of drug-likeness (QED) is 0.905. The second kappa shape index (κ2) is 5.46. The standard InChI is InChI=1S/C15H17N3O2S/c1-11-7-13-8-14(4-5-15(13)18-11)21(19,20)17-10-12-3-2-6-16-9-12/h2-6,8-9,11,17-18H,7,10H2,1H3. The molecule has 0 bridgehead atoms. The Bertz CT molecular complexity index is 745. The lowest BCUT2D eigenvalue weighted by atomic mass is 10.1. The molecule has 6 heteroatoms. The Morgan fingerprint density at radius 1 is 1.38 bits per heavy atom. The summed E-state index contributed by atoms with van der Waals surface area (Å²) in [6.07, 6.45) is 4.16.